The lowest BCUT2D eigenvalue weighted by Crippen LogP contribution is -2.44. The van der Waals surface area contributed by atoms with Crippen LogP contribution in [0.1, 0.15) is 19.7 Å². The Balaban J connectivity index is 1.88. The third kappa shape index (κ3) is 2.95. The topological polar surface area (TPSA) is 105 Å². The average molecular weight is 351 g/mol. The first-order valence-corrected chi connectivity index (χ1v) is 9.30. The summed E-state index contributed by atoms with van der Waals surface area (Å²) < 4.78 is 29.1. The molecule has 2 heterocycles. The molecule has 2 unspecified atom stereocenters. The van der Waals surface area contributed by atoms with Crippen molar-refractivity contribution < 1.29 is 8.42 Å². The lowest BCUT2D eigenvalue weighted by atomic mass is 10.2. The van der Waals surface area contributed by atoms with Gasteiger partial charge in [-0.1, -0.05) is 12.1 Å². The van der Waals surface area contributed by atoms with E-state index in [4.69, 9.17) is 0 Å². The van der Waals surface area contributed by atoms with E-state index in [-0.39, 0.29) is 24.2 Å². The summed E-state index contributed by atoms with van der Waals surface area (Å²) in [6.45, 7) is 3.59. The molecular weight excluding hydrogens is 330 g/mol. The minimum Gasteiger partial charge on any atom is -0.298 e. The molecule has 1 fully saturated rings. The van der Waals surface area contributed by atoms with Crippen LogP contribution in [0, 0.1) is 0 Å². The molecule has 3 N–H and O–H groups in total. The molecule has 1 aromatic heterocycles. The third-order valence-corrected chi connectivity index (χ3v) is 6.47. The number of fused-ring (bicyclic) bond motifs is 1. The second kappa shape index (κ2) is 6.25. The molecule has 130 valence electrons. The number of aromatic nitrogens is 2. The van der Waals surface area contributed by atoms with E-state index in [2.05, 4.69) is 20.6 Å². The molecule has 1 saturated heterocycles. The molecule has 2 atom stereocenters. The molecular formula is C15H21N5O3S. The summed E-state index contributed by atoms with van der Waals surface area (Å²) in [4.78, 5) is 16.8. The molecule has 8 nitrogen and oxygen atoms in total. The van der Waals surface area contributed by atoms with Crippen molar-refractivity contribution in [1.82, 2.24) is 25.1 Å². The SMILES string of the molecule is CC1NNC(C)C1S(=O)(=O)NCc1nc2ccccc2c(=O)n1C. The van der Waals surface area contributed by atoms with Gasteiger partial charge >= 0.3 is 0 Å². The van der Waals surface area contributed by atoms with E-state index in [0.29, 0.717) is 16.7 Å². The number of benzene rings is 1. The summed E-state index contributed by atoms with van der Waals surface area (Å²) >= 11 is 0. The van der Waals surface area contributed by atoms with Crippen LogP contribution in [-0.2, 0) is 23.6 Å². The molecule has 24 heavy (non-hydrogen) atoms. The van der Waals surface area contributed by atoms with Crippen molar-refractivity contribution >= 4 is 20.9 Å². The van der Waals surface area contributed by atoms with Crippen LogP contribution in [0.2, 0.25) is 0 Å². The number of para-hydroxylation sites is 1. The molecule has 9 heteroatoms. The zero-order chi connectivity index (χ0) is 17.5. The number of sulfonamides is 1. The Morgan fingerprint density at radius 1 is 1.21 bits per heavy atom. The van der Waals surface area contributed by atoms with E-state index in [1.54, 1.807) is 31.3 Å². The van der Waals surface area contributed by atoms with E-state index >= 15 is 0 Å². The van der Waals surface area contributed by atoms with Crippen LogP contribution in [0.5, 0.6) is 0 Å². The zero-order valence-electron chi connectivity index (χ0n) is 13.8. The lowest BCUT2D eigenvalue weighted by molar-refractivity contribution is 0.541. The van der Waals surface area contributed by atoms with Crippen molar-refractivity contribution in [3.05, 3.63) is 40.4 Å². The molecule has 1 aliphatic heterocycles. The Bertz CT molecular complexity index is 914. The van der Waals surface area contributed by atoms with Crippen LogP contribution in [-0.4, -0.2) is 35.3 Å². The quantitative estimate of drug-likeness (QED) is 0.693. The summed E-state index contributed by atoms with van der Waals surface area (Å²) in [5.41, 5.74) is 6.22. The smallest absolute Gasteiger partial charge is 0.261 e. The Kier molecular flexibility index (Phi) is 4.43. The largest absolute Gasteiger partial charge is 0.298 e. The van der Waals surface area contributed by atoms with Crippen LogP contribution >= 0.6 is 0 Å². The van der Waals surface area contributed by atoms with Gasteiger partial charge in [-0.25, -0.2) is 18.1 Å². The summed E-state index contributed by atoms with van der Waals surface area (Å²) in [5.74, 6) is 0.376. The second-order valence-corrected chi connectivity index (χ2v) is 8.03. The molecule has 0 amide bonds. The van der Waals surface area contributed by atoms with Gasteiger partial charge in [0.25, 0.3) is 5.56 Å². The summed E-state index contributed by atoms with van der Waals surface area (Å²) in [7, 11) is -1.98. The summed E-state index contributed by atoms with van der Waals surface area (Å²) in [6.07, 6.45) is 0. The molecule has 0 radical (unpaired) electrons. The maximum Gasteiger partial charge on any atom is 0.261 e. The number of hydrogen-bond acceptors (Lipinski definition) is 6. The summed E-state index contributed by atoms with van der Waals surface area (Å²) in [6, 6.07) is 6.58. The van der Waals surface area contributed by atoms with Crippen molar-refractivity contribution in [2.75, 3.05) is 0 Å². The monoisotopic (exact) mass is 351 g/mol. The van der Waals surface area contributed by atoms with Crippen LogP contribution < -0.4 is 21.1 Å². The number of nitrogens with one attached hydrogen (secondary N) is 3. The van der Waals surface area contributed by atoms with Gasteiger partial charge in [0.1, 0.15) is 11.1 Å². The van der Waals surface area contributed by atoms with Gasteiger partial charge in [0, 0.05) is 19.1 Å². The van der Waals surface area contributed by atoms with Gasteiger partial charge in [-0.3, -0.25) is 20.2 Å². The number of hydrogen-bond donors (Lipinski definition) is 3. The first kappa shape index (κ1) is 17.0. The maximum absolute atomic E-state index is 12.6. The lowest BCUT2D eigenvalue weighted by Gasteiger charge is -2.19. The Labute approximate surface area is 140 Å². The number of rotatable bonds is 4. The number of hydrazine groups is 1. The second-order valence-electron chi connectivity index (χ2n) is 6.11. The molecule has 1 aromatic carbocycles. The van der Waals surface area contributed by atoms with E-state index in [0.717, 1.165) is 0 Å². The van der Waals surface area contributed by atoms with Crippen molar-refractivity contribution in [3.8, 4) is 0 Å². The van der Waals surface area contributed by atoms with Gasteiger partial charge in [0.05, 0.1) is 17.4 Å². The predicted octanol–water partition coefficient (Wildman–Crippen LogP) is -0.394. The molecule has 3 rings (SSSR count). The summed E-state index contributed by atoms with van der Waals surface area (Å²) in [5, 5.41) is -0.0898. The number of nitrogens with zero attached hydrogens (tertiary/aromatic N) is 2. The normalized spacial score (nSPS) is 24.5. The first-order valence-electron chi connectivity index (χ1n) is 7.75. The van der Waals surface area contributed by atoms with Crippen molar-refractivity contribution in [1.29, 1.82) is 0 Å². The molecule has 0 spiro atoms. The van der Waals surface area contributed by atoms with Crippen LogP contribution in [0.4, 0.5) is 0 Å². The minimum absolute atomic E-state index is 0.0329. The maximum atomic E-state index is 12.6. The highest BCUT2D eigenvalue weighted by Gasteiger charge is 2.40. The van der Waals surface area contributed by atoms with Crippen molar-refractivity contribution in [3.63, 3.8) is 0 Å². The van der Waals surface area contributed by atoms with Gasteiger partial charge in [0.15, 0.2) is 0 Å². The van der Waals surface area contributed by atoms with Gasteiger partial charge in [0.2, 0.25) is 10.0 Å². The van der Waals surface area contributed by atoms with E-state index in [1.165, 1.54) is 4.57 Å². The Hall–Kier alpha value is -1.81. The molecule has 0 aliphatic carbocycles. The van der Waals surface area contributed by atoms with Crippen LogP contribution in [0.25, 0.3) is 10.9 Å². The Morgan fingerprint density at radius 2 is 1.83 bits per heavy atom. The van der Waals surface area contributed by atoms with E-state index in [1.807, 2.05) is 13.8 Å². The zero-order valence-corrected chi connectivity index (χ0v) is 14.6. The third-order valence-electron chi connectivity index (χ3n) is 4.39. The van der Waals surface area contributed by atoms with Crippen molar-refractivity contribution in [2.45, 2.75) is 37.7 Å². The minimum atomic E-state index is -3.57. The molecule has 1 aliphatic rings. The Morgan fingerprint density at radius 3 is 2.50 bits per heavy atom. The van der Waals surface area contributed by atoms with Gasteiger partial charge in [-0.15, -0.1) is 0 Å². The van der Waals surface area contributed by atoms with Crippen molar-refractivity contribution in [2.24, 2.45) is 7.05 Å². The van der Waals surface area contributed by atoms with Crippen LogP contribution in [0.3, 0.4) is 0 Å². The van der Waals surface area contributed by atoms with Crippen LogP contribution in [0.15, 0.2) is 29.1 Å². The average Bonchev–Trinajstić information content (AvgIpc) is 2.89. The highest BCUT2D eigenvalue weighted by atomic mass is 32.2. The van der Waals surface area contributed by atoms with E-state index < -0.39 is 15.3 Å². The van der Waals surface area contributed by atoms with Gasteiger partial charge in [-0.05, 0) is 26.0 Å². The first-order chi connectivity index (χ1) is 11.3. The fourth-order valence-corrected chi connectivity index (χ4v) is 4.81. The predicted molar refractivity (Wildman–Crippen MR) is 91.7 cm³/mol. The molecule has 0 bridgehead atoms. The van der Waals surface area contributed by atoms with Gasteiger partial charge in [-0.2, -0.15) is 0 Å². The standard InChI is InChI=1S/C15H21N5O3S/c1-9-14(10(2)19-18-9)24(22,23)16-8-13-17-12-7-5-4-6-11(12)15(21)20(13)3/h4-7,9-10,14,16,18-19H,8H2,1-3H3. The highest BCUT2D eigenvalue weighted by Crippen LogP contribution is 2.15. The molecule has 2 aromatic rings. The fraction of sp³-hybridized carbons (Fsp3) is 0.467. The highest BCUT2D eigenvalue weighted by molar-refractivity contribution is 7.90. The van der Waals surface area contributed by atoms with E-state index in [9.17, 15) is 13.2 Å². The van der Waals surface area contributed by atoms with Gasteiger partial charge < -0.3 is 0 Å². The fourth-order valence-electron chi connectivity index (χ4n) is 3.08. The molecule has 0 saturated carbocycles.